The third-order valence-corrected chi connectivity index (χ3v) is 6.75. The lowest BCUT2D eigenvalue weighted by Crippen LogP contribution is -1.98. The molecule has 2 heterocycles. The number of nitrogens with zero attached hydrogens (tertiary/aromatic N) is 4. The van der Waals surface area contributed by atoms with Crippen LogP contribution in [0.25, 0.3) is 61.0 Å². The van der Waals surface area contributed by atoms with Crippen LogP contribution in [0.2, 0.25) is 5.28 Å². The summed E-state index contributed by atoms with van der Waals surface area (Å²) in [5, 5.41) is 5.10. The van der Waals surface area contributed by atoms with Gasteiger partial charge in [0.25, 0.3) is 0 Å². The van der Waals surface area contributed by atoms with Gasteiger partial charge in [-0.3, -0.25) is 0 Å². The molecule has 5 heteroatoms. The summed E-state index contributed by atoms with van der Waals surface area (Å²) in [6, 6.07) is 39.6. The second-order valence-electron chi connectivity index (χ2n) is 8.70. The lowest BCUT2D eigenvalue weighted by atomic mass is 10.1. The first-order valence-corrected chi connectivity index (χ1v) is 12.1. The maximum absolute atomic E-state index is 6.28. The fourth-order valence-electron chi connectivity index (χ4n) is 4.95. The first kappa shape index (κ1) is 20.8. The molecule has 0 saturated carbocycles. The van der Waals surface area contributed by atoms with Crippen molar-refractivity contribution in [3.05, 3.63) is 121 Å². The lowest BCUT2D eigenvalue weighted by molar-refractivity contribution is 1.06. The van der Waals surface area contributed by atoms with Crippen molar-refractivity contribution >= 4 is 44.2 Å². The van der Waals surface area contributed by atoms with E-state index in [0.717, 1.165) is 16.8 Å². The van der Waals surface area contributed by atoms with Crippen molar-refractivity contribution in [2.24, 2.45) is 0 Å². The maximum atomic E-state index is 6.28. The molecule has 0 fully saturated rings. The van der Waals surface area contributed by atoms with Crippen LogP contribution in [0.1, 0.15) is 0 Å². The predicted octanol–water partition coefficient (Wildman–Crippen LogP) is 8.11. The number of hydrogen-bond donors (Lipinski definition) is 0. The van der Waals surface area contributed by atoms with E-state index in [-0.39, 0.29) is 5.28 Å². The number of rotatable bonds is 3. The molecule has 0 aliphatic carbocycles. The SMILES string of the molecule is Clc1nc(-c2ccccc2)nc(-c2ccc(-n3c4ccccc4c4ccc5ccccc5c43)cc2)n1. The van der Waals surface area contributed by atoms with Gasteiger partial charge in [-0.25, -0.2) is 4.98 Å². The molecule has 0 unspecified atom stereocenters. The Kier molecular flexibility index (Phi) is 4.79. The van der Waals surface area contributed by atoms with Crippen LogP contribution in [0.15, 0.2) is 115 Å². The van der Waals surface area contributed by atoms with Crippen molar-refractivity contribution in [3.8, 4) is 28.5 Å². The molecule has 0 amide bonds. The summed E-state index contributed by atoms with van der Waals surface area (Å²) in [7, 11) is 0. The smallest absolute Gasteiger partial charge is 0.226 e. The van der Waals surface area contributed by atoms with E-state index in [1.54, 1.807) is 0 Å². The molecular formula is C31H19ClN4. The highest BCUT2D eigenvalue weighted by Crippen LogP contribution is 2.36. The quantitative estimate of drug-likeness (QED) is 0.255. The summed E-state index contributed by atoms with van der Waals surface area (Å²) in [6.07, 6.45) is 0. The van der Waals surface area contributed by atoms with Crippen molar-refractivity contribution in [2.45, 2.75) is 0 Å². The maximum Gasteiger partial charge on any atom is 0.226 e. The highest BCUT2D eigenvalue weighted by Gasteiger charge is 2.15. The van der Waals surface area contributed by atoms with Crippen LogP contribution in [0.3, 0.4) is 0 Å². The second kappa shape index (κ2) is 8.29. The monoisotopic (exact) mass is 482 g/mol. The van der Waals surface area contributed by atoms with Gasteiger partial charge in [0.15, 0.2) is 11.6 Å². The molecule has 0 radical (unpaired) electrons. The molecule has 0 atom stereocenters. The average molecular weight is 483 g/mol. The summed E-state index contributed by atoms with van der Waals surface area (Å²) in [5.74, 6) is 1.11. The Hall–Kier alpha value is -4.54. The van der Waals surface area contributed by atoms with E-state index in [1.807, 2.05) is 42.5 Å². The molecule has 170 valence electrons. The van der Waals surface area contributed by atoms with E-state index >= 15 is 0 Å². The minimum atomic E-state index is 0.178. The summed E-state index contributed by atoms with van der Waals surface area (Å²) < 4.78 is 2.34. The number of halogens is 1. The summed E-state index contributed by atoms with van der Waals surface area (Å²) in [6.45, 7) is 0. The molecule has 36 heavy (non-hydrogen) atoms. The Balaban J connectivity index is 1.40. The highest BCUT2D eigenvalue weighted by molar-refractivity contribution is 6.28. The fraction of sp³-hybridized carbons (Fsp3) is 0. The summed E-state index contributed by atoms with van der Waals surface area (Å²) in [5.41, 5.74) is 5.23. The molecule has 4 nitrogen and oxygen atoms in total. The highest BCUT2D eigenvalue weighted by atomic mass is 35.5. The van der Waals surface area contributed by atoms with Crippen molar-refractivity contribution in [3.63, 3.8) is 0 Å². The first-order valence-electron chi connectivity index (χ1n) is 11.7. The van der Waals surface area contributed by atoms with Crippen LogP contribution < -0.4 is 0 Å². The van der Waals surface area contributed by atoms with Gasteiger partial charge >= 0.3 is 0 Å². The van der Waals surface area contributed by atoms with Gasteiger partial charge in [-0.05, 0) is 47.3 Å². The normalized spacial score (nSPS) is 11.5. The molecule has 2 aromatic heterocycles. The van der Waals surface area contributed by atoms with Crippen molar-refractivity contribution in [1.82, 2.24) is 19.5 Å². The van der Waals surface area contributed by atoms with Crippen molar-refractivity contribution < 1.29 is 0 Å². The molecule has 0 spiro atoms. The van der Waals surface area contributed by atoms with Gasteiger partial charge in [0.2, 0.25) is 5.28 Å². The minimum Gasteiger partial charge on any atom is -0.309 e. The zero-order valence-electron chi connectivity index (χ0n) is 19.1. The zero-order chi connectivity index (χ0) is 24.1. The molecule has 7 aromatic rings. The molecule has 0 bridgehead atoms. The standard InChI is InChI=1S/C31H19ClN4/c32-31-34-29(21-9-2-1-3-10-21)33-30(35-31)22-14-17-23(18-15-22)36-27-13-7-6-12-25(27)26-19-16-20-8-4-5-11-24(20)28(26)36/h1-19H. The van der Waals surface area contributed by atoms with Crippen LogP contribution in [0.5, 0.6) is 0 Å². The third kappa shape index (κ3) is 3.35. The van der Waals surface area contributed by atoms with Crippen LogP contribution in [0, 0.1) is 0 Å². The van der Waals surface area contributed by atoms with Crippen molar-refractivity contribution in [2.75, 3.05) is 0 Å². The molecule has 0 N–H and O–H groups in total. The number of aromatic nitrogens is 4. The summed E-state index contributed by atoms with van der Waals surface area (Å²) >= 11 is 6.28. The van der Waals surface area contributed by atoms with E-state index in [2.05, 4.69) is 87.3 Å². The van der Waals surface area contributed by atoms with Gasteiger partial charge in [0.1, 0.15) is 0 Å². The predicted molar refractivity (Wildman–Crippen MR) is 148 cm³/mol. The molecule has 0 aliphatic heterocycles. The van der Waals surface area contributed by atoms with Crippen molar-refractivity contribution in [1.29, 1.82) is 0 Å². The first-order chi connectivity index (χ1) is 17.8. The summed E-state index contributed by atoms with van der Waals surface area (Å²) in [4.78, 5) is 13.4. The number of fused-ring (bicyclic) bond motifs is 5. The van der Waals surface area contributed by atoms with E-state index < -0.39 is 0 Å². The number of para-hydroxylation sites is 1. The molecule has 5 aromatic carbocycles. The van der Waals surface area contributed by atoms with Gasteiger partial charge in [-0.2, -0.15) is 9.97 Å². The lowest BCUT2D eigenvalue weighted by Gasteiger charge is -2.11. The Morgan fingerprint density at radius 3 is 1.92 bits per heavy atom. The van der Waals surface area contributed by atoms with E-state index in [0.29, 0.717) is 11.6 Å². The molecule has 0 saturated heterocycles. The Morgan fingerprint density at radius 2 is 1.14 bits per heavy atom. The van der Waals surface area contributed by atoms with E-state index in [1.165, 1.54) is 32.6 Å². The molecular weight excluding hydrogens is 464 g/mol. The number of hydrogen-bond acceptors (Lipinski definition) is 3. The van der Waals surface area contributed by atoms with E-state index in [9.17, 15) is 0 Å². The Bertz CT molecular complexity index is 1890. The molecule has 0 aliphatic rings. The zero-order valence-corrected chi connectivity index (χ0v) is 19.9. The largest absolute Gasteiger partial charge is 0.309 e. The third-order valence-electron chi connectivity index (χ3n) is 6.58. The van der Waals surface area contributed by atoms with Gasteiger partial charge in [-0.1, -0.05) is 84.9 Å². The minimum absolute atomic E-state index is 0.178. The van der Waals surface area contributed by atoms with Crippen LogP contribution in [0.4, 0.5) is 0 Å². The Labute approximate surface area is 212 Å². The van der Waals surface area contributed by atoms with Gasteiger partial charge in [0, 0.05) is 33.0 Å². The van der Waals surface area contributed by atoms with Gasteiger partial charge in [-0.15, -0.1) is 0 Å². The fourth-order valence-corrected chi connectivity index (χ4v) is 5.11. The van der Waals surface area contributed by atoms with Gasteiger partial charge in [0.05, 0.1) is 11.0 Å². The average Bonchev–Trinajstić information content (AvgIpc) is 3.28. The van der Waals surface area contributed by atoms with Crippen LogP contribution in [-0.2, 0) is 0 Å². The topological polar surface area (TPSA) is 43.6 Å². The van der Waals surface area contributed by atoms with Crippen LogP contribution >= 0.6 is 11.6 Å². The van der Waals surface area contributed by atoms with E-state index in [4.69, 9.17) is 16.6 Å². The van der Waals surface area contributed by atoms with Crippen LogP contribution in [-0.4, -0.2) is 19.5 Å². The second-order valence-corrected chi connectivity index (χ2v) is 9.04. The number of benzene rings is 5. The van der Waals surface area contributed by atoms with Gasteiger partial charge < -0.3 is 4.57 Å². The molecule has 7 rings (SSSR count). The Morgan fingerprint density at radius 1 is 0.500 bits per heavy atom.